The molecule has 2 rings (SSSR count). The zero-order chi connectivity index (χ0) is 14.0. The maximum atomic E-state index is 11.4. The Morgan fingerprint density at radius 2 is 1.89 bits per heavy atom. The highest BCUT2D eigenvalue weighted by Crippen LogP contribution is 2.29. The number of nitrogens with zero attached hydrogens (tertiary/aromatic N) is 1. The van der Waals surface area contributed by atoms with Crippen molar-refractivity contribution in [2.75, 3.05) is 0 Å². The molecule has 19 heavy (non-hydrogen) atoms. The van der Waals surface area contributed by atoms with Crippen LogP contribution in [0.2, 0.25) is 0 Å². The molecule has 1 heterocycles. The molecule has 0 N–H and O–H groups in total. The van der Waals surface area contributed by atoms with Crippen molar-refractivity contribution >= 4 is 19.7 Å². The molecule has 0 unspecified atom stereocenters. The lowest BCUT2D eigenvalue weighted by atomic mass is 10.1. The third-order valence-electron chi connectivity index (χ3n) is 2.69. The quantitative estimate of drug-likeness (QED) is 0.815. The Morgan fingerprint density at radius 1 is 1.16 bits per heavy atom. The van der Waals surface area contributed by atoms with Gasteiger partial charge in [-0.2, -0.15) is 0 Å². The minimum atomic E-state index is -3.89. The summed E-state index contributed by atoms with van der Waals surface area (Å²) in [4.78, 5) is 3.76. The van der Waals surface area contributed by atoms with Crippen molar-refractivity contribution in [3.05, 3.63) is 47.7 Å². The van der Waals surface area contributed by atoms with Crippen molar-refractivity contribution in [3.63, 3.8) is 0 Å². The molecule has 0 fully saturated rings. The molecule has 0 aliphatic carbocycles. The highest BCUT2D eigenvalue weighted by atomic mass is 35.7. The minimum Gasteiger partial charge on any atom is -0.438 e. The first-order chi connectivity index (χ1) is 8.88. The Bertz CT molecular complexity index is 714. The van der Waals surface area contributed by atoms with Gasteiger partial charge in [0, 0.05) is 16.9 Å². The van der Waals surface area contributed by atoms with E-state index in [1.807, 2.05) is 26.0 Å². The highest BCUT2D eigenvalue weighted by molar-refractivity contribution is 8.13. The van der Waals surface area contributed by atoms with Crippen molar-refractivity contribution in [1.29, 1.82) is 0 Å². The van der Waals surface area contributed by atoms with Crippen molar-refractivity contribution in [1.82, 2.24) is 4.98 Å². The van der Waals surface area contributed by atoms with E-state index in [1.54, 1.807) is 6.07 Å². The molecule has 100 valence electrons. The molecule has 1 aromatic carbocycles. The van der Waals surface area contributed by atoms with E-state index in [2.05, 4.69) is 4.98 Å². The van der Waals surface area contributed by atoms with Crippen LogP contribution in [-0.2, 0) is 9.05 Å². The molecule has 4 nitrogen and oxygen atoms in total. The zero-order valence-electron chi connectivity index (χ0n) is 10.4. The largest absolute Gasteiger partial charge is 0.438 e. The number of halogens is 1. The van der Waals surface area contributed by atoms with Crippen molar-refractivity contribution < 1.29 is 13.2 Å². The normalized spacial score (nSPS) is 11.3. The molecule has 0 radical (unpaired) electrons. The number of pyridine rings is 1. The lowest BCUT2D eigenvalue weighted by molar-refractivity contribution is 0.447. The van der Waals surface area contributed by atoms with Crippen LogP contribution in [0.25, 0.3) is 0 Å². The summed E-state index contributed by atoms with van der Waals surface area (Å²) in [6.45, 7) is 3.92. The van der Waals surface area contributed by atoms with Crippen molar-refractivity contribution in [2.24, 2.45) is 0 Å². The molecular formula is C13H12ClNO3S. The van der Waals surface area contributed by atoms with Crippen LogP contribution in [0.1, 0.15) is 11.1 Å². The van der Waals surface area contributed by atoms with Gasteiger partial charge >= 0.3 is 0 Å². The molecule has 0 spiro atoms. The standard InChI is InChI=1S/C13H12ClNO3S/c1-9-5-6-11(8-10(9)2)18-13-12(19(14,16)17)4-3-7-15-13/h3-8H,1-2H3. The van der Waals surface area contributed by atoms with Gasteiger partial charge in [-0.05, 0) is 49.2 Å². The second-order valence-electron chi connectivity index (χ2n) is 4.09. The first-order valence-corrected chi connectivity index (χ1v) is 7.83. The van der Waals surface area contributed by atoms with Crippen LogP contribution in [0, 0.1) is 13.8 Å². The third kappa shape index (κ3) is 3.24. The molecule has 0 aliphatic rings. The fraction of sp³-hybridized carbons (Fsp3) is 0.154. The van der Waals surface area contributed by atoms with Crippen molar-refractivity contribution in [3.8, 4) is 11.6 Å². The van der Waals surface area contributed by atoms with Gasteiger partial charge in [-0.1, -0.05) is 6.07 Å². The zero-order valence-corrected chi connectivity index (χ0v) is 12.0. The summed E-state index contributed by atoms with van der Waals surface area (Å²) in [6, 6.07) is 8.30. The molecule has 0 saturated carbocycles. The highest BCUT2D eigenvalue weighted by Gasteiger charge is 2.18. The fourth-order valence-corrected chi connectivity index (χ4v) is 2.42. The van der Waals surface area contributed by atoms with Gasteiger partial charge < -0.3 is 4.74 Å². The van der Waals surface area contributed by atoms with Gasteiger partial charge in [0.15, 0.2) is 0 Å². The Labute approximate surface area is 116 Å². The lowest BCUT2D eigenvalue weighted by Gasteiger charge is -2.09. The summed E-state index contributed by atoms with van der Waals surface area (Å²) in [5.41, 5.74) is 2.17. The van der Waals surface area contributed by atoms with Crippen LogP contribution >= 0.6 is 10.7 Å². The summed E-state index contributed by atoms with van der Waals surface area (Å²) in [7, 11) is 1.45. The van der Waals surface area contributed by atoms with Crippen LogP contribution < -0.4 is 4.74 Å². The molecule has 6 heteroatoms. The molecule has 0 bridgehead atoms. The summed E-state index contributed by atoms with van der Waals surface area (Å²) < 4.78 is 28.3. The Hall–Kier alpha value is -1.59. The van der Waals surface area contributed by atoms with Gasteiger partial charge in [0.2, 0.25) is 5.88 Å². The maximum Gasteiger partial charge on any atom is 0.266 e. The second kappa shape index (κ2) is 5.19. The van der Waals surface area contributed by atoms with E-state index in [9.17, 15) is 8.42 Å². The summed E-state index contributed by atoms with van der Waals surface area (Å²) in [5, 5.41) is 0. The van der Waals surface area contributed by atoms with Gasteiger partial charge in [-0.3, -0.25) is 0 Å². The van der Waals surface area contributed by atoms with Gasteiger partial charge in [0.25, 0.3) is 9.05 Å². The summed E-state index contributed by atoms with van der Waals surface area (Å²) in [6.07, 6.45) is 1.45. The average Bonchev–Trinajstić information content (AvgIpc) is 2.33. The Balaban J connectivity index is 2.41. The second-order valence-corrected chi connectivity index (χ2v) is 6.63. The molecule has 0 aliphatic heterocycles. The van der Waals surface area contributed by atoms with Gasteiger partial charge in [0.05, 0.1) is 0 Å². The van der Waals surface area contributed by atoms with Crippen LogP contribution in [-0.4, -0.2) is 13.4 Å². The lowest BCUT2D eigenvalue weighted by Crippen LogP contribution is -1.98. The summed E-state index contributed by atoms with van der Waals surface area (Å²) in [5.74, 6) is 0.490. The number of benzene rings is 1. The summed E-state index contributed by atoms with van der Waals surface area (Å²) >= 11 is 0. The first kappa shape index (κ1) is 13.8. The minimum absolute atomic E-state index is 0.0271. The van der Waals surface area contributed by atoms with Crippen LogP contribution in [0.4, 0.5) is 0 Å². The number of aromatic nitrogens is 1. The molecule has 2 aromatic rings. The number of hydrogen-bond donors (Lipinski definition) is 0. The Kier molecular flexibility index (Phi) is 3.78. The molecule has 0 saturated heterocycles. The monoisotopic (exact) mass is 297 g/mol. The van der Waals surface area contributed by atoms with E-state index in [0.29, 0.717) is 5.75 Å². The van der Waals surface area contributed by atoms with E-state index >= 15 is 0 Å². The third-order valence-corrected chi connectivity index (χ3v) is 4.03. The van der Waals surface area contributed by atoms with Crippen LogP contribution in [0.15, 0.2) is 41.4 Å². The van der Waals surface area contributed by atoms with Gasteiger partial charge in [0.1, 0.15) is 10.6 Å². The van der Waals surface area contributed by atoms with Crippen LogP contribution in [0.3, 0.4) is 0 Å². The van der Waals surface area contributed by atoms with Crippen LogP contribution in [0.5, 0.6) is 11.6 Å². The maximum absolute atomic E-state index is 11.4. The molecule has 1 aromatic heterocycles. The average molecular weight is 298 g/mol. The number of hydrogen-bond acceptors (Lipinski definition) is 4. The van der Waals surface area contributed by atoms with E-state index < -0.39 is 9.05 Å². The Morgan fingerprint density at radius 3 is 2.53 bits per heavy atom. The van der Waals surface area contributed by atoms with E-state index in [4.69, 9.17) is 15.4 Å². The number of aryl methyl sites for hydroxylation is 2. The smallest absolute Gasteiger partial charge is 0.266 e. The predicted molar refractivity (Wildman–Crippen MR) is 73.3 cm³/mol. The topological polar surface area (TPSA) is 56.3 Å². The number of rotatable bonds is 3. The van der Waals surface area contributed by atoms with E-state index in [-0.39, 0.29) is 10.8 Å². The molecule has 0 amide bonds. The van der Waals surface area contributed by atoms with E-state index in [1.165, 1.54) is 18.3 Å². The van der Waals surface area contributed by atoms with Crippen molar-refractivity contribution in [2.45, 2.75) is 18.7 Å². The molecular weight excluding hydrogens is 286 g/mol. The SMILES string of the molecule is Cc1ccc(Oc2ncccc2S(=O)(=O)Cl)cc1C. The fourth-order valence-electron chi connectivity index (χ4n) is 1.53. The first-order valence-electron chi connectivity index (χ1n) is 5.53. The predicted octanol–water partition coefficient (Wildman–Crippen LogP) is 3.42. The van der Waals surface area contributed by atoms with Gasteiger partial charge in [-0.25, -0.2) is 13.4 Å². The molecule has 0 atom stereocenters. The van der Waals surface area contributed by atoms with E-state index in [0.717, 1.165) is 11.1 Å². The van der Waals surface area contributed by atoms with Gasteiger partial charge in [-0.15, -0.1) is 0 Å². The number of ether oxygens (including phenoxy) is 1.